The predicted octanol–water partition coefficient (Wildman–Crippen LogP) is 15.8. The second-order valence-electron chi connectivity index (χ2n) is 18.4. The molecule has 0 aliphatic carbocycles. The quantitative estimate of drug-likeness (QED) is 0.0197. The first-order valence-electron chi connectivity index (χ1n) is 27.5. The zero-order valence-corrected chi connectivity index (χ0v) is 44.5. The first kappa shape index (κ1) is 65.4. The number of unbranched alkanes of at least 4 members (excludes halogenated alkanes) is 26. The van der Waals surface area contributed by atoms with Gasteiger partial charge in [-0.25, -0.2) is 4.57 Å². The van der Waals surface area contributed by atoms with Crippen LogP contribution in [0.5, 0.6) is 0 Å². The molecule has 12 heteroatoms. The van der Waals surface area contributed by atoms with Crippen molar-refractivity contribution in [1.82, 2.24) is 0 Å². The van der Waals surface area contributed by atoms with Gasteiger partial charge in [0.15, 0.2) is 6.10 Å². The van der Waals surface area contributed by atoms with Crippen molar-refractivity contribution in [2.45, 2.75) is 264 Å². The molecule has 0 spiro atoms. The lowest BCUT2D eigenvalue weighted by Crippen LogP contribution is -2.30. The van der Waals surface area contributed by atoms with E-state index in [1.165, 1.54) is 116 Å². The molecule has 0 amide bonds. The van der Waals surface area contributed by atoms with Crippen LogP contribution in [0.15, 0.2) is 48.6 Å². The van der Waals surface area contributed by atoms with Crippen LogP contribution in [-0.2, 0) is 42.2 Å². The molecule has 0 aromatic rings. The average molecular weight is 981 g/mol. The summed E-state index contributed by atoms with van der Waals surface area (Å²) in [6, 6.07) is 0. The van der Waals surface area contributed by atoms with E-state index in [0.29, 0.717) is 19.3 Å². The summed E-state index contributed by atoms with van der Waals surface area (Å²) in [5.74, 6) is -1.50. The van der Waals surface area contributed by atoms with Crippen molar-refractivity contribution in [1.29, 1.82) is 0 Å². The molecule has 68 heavy (non-hydrogen) atoms. The fourth-order valence-corrected chi connectivity index (χ4v) is 8.37. The van der Waals surface area contributed by atoms with Crippen molar-refractivity contribution in [2.75, 3.05) is 26.4 Å². The fraction of sp³-hybridized carbons (Fsp3) is 0.804. The summed E-state index contributed by atoms with van der Waals surface area (Å²) in [7, 11) is -4.75. The molecular formula is C56H101O11P. The highest BCUT2D eigenvalue weighted by Crippen LogP contribution is 2.43. The smallest absolute Gasteiger partial charge is 0.462 e. The molecular weight excluding hydrogens is 880 g/mol. The number of hydrogen-bond acceptors (Lipinski definition) is 10. The topological polar surface area (TPSA) is 155 Å². The number of aliphatic hydroxyl groups is 1. The van der Waals surface area contributed by atoms with Gasteiger partial charge in [-0.2, -0.15) is 0 Å². The molecule has 0 aromatic heterocycles. The number of aliphatic hydroxyl groups excluding tert-OH is 1. The van der Waals surface area contributed by atoms with Gasteiger partial charge in [-0.15, -0.1) is 0 Å². The third-order valence-electron chi connectivity index (χ3n) is 11.8. The molecule has 0 aromatic carbocycles. The predicted molar refractivity (Wildman–Crippen MR) is 279 cm³/mol. The van der Waals surface area contributed by atoms with Gasteiger partial charge in [-0.05, 0) is 57.8 Å². The van der Waals surface area contributed by atoms with E-state index in [1.54, 1.807) is 0 Å². The van der Waals surface area contributed by atoms with Gasteiger partial charge in [0.05, 0.1) is 19.8 Å². The lowest BCUT2D eigenvalue weighted by Gasteiger charge is -2.21. The van der Waals surface area contributed by atoms with Crippen LogP contribution in [0, 0.1) is 0 Å². The summed E-state index contributed by atoms with van der Waals surface area (Å²) in [4.78, 5) is 48.3. The van der Waals surface area contributed by atoms with E-state index in [-0.39, 0.29) is 25.9 Å². The van der Waals surface area contributed by atoms with Gasteiger partial charge in [-0.3, -0.25) is 23.4 Å². The number of allylic oxidation sites excluding steroid dienone is 8. The van der Waals surface area contributed by atoms with E-state index in [0.717, 1.165) is 77.0 Å². The number of esters is 3. The molecule has 0 heterocycles. The molecule has 0 saturated heterocycles. The monoisotopic (exact) mass is 981 g/mol. The van der Waals surface area contributed by atoms with Crippen LogP contribution in [0.2, 0.25) is 0 Å². The minimum atomic E-state index is -4.75. The Balaban J connectivity index is 4.67. The highest BCUT2D eigenvalue weighted by Gasteiger charge is 2.28. The van der Waals surface area contributed by atoms with Gasteiger partial charge < -0.3 is 24.2 Å². The summed E-state index contributed by atoms with van der Waals surface area (Å²) >= 11 is 0. The molecule has 0 rings (SSSR count). The second-order valence-corrected chi connectivity index (χ2v) is 19.8. The van der Waals surface area contributed by atoms with E-state index in [2.05, 4.69) is 69.4 Å². The number of phosphoric ester groups is 1. The summed E-state index contributed by atoms with van der Waals surface area (Å²) in [5.41, 5.74) is 0. The van der Waals surface area contributed by atoms with Crippen LogP contribution < -0.4 is 0 Å². The van der Waals surface area contributed by atoms with Crippen molar-refractivity contribution in [3.8, 4) is 0 Å². The zero-order chi connectivity index (χ0) is 49.9. The zero-order valence-electron chi connectivity index (χ0n) is 43.6. The third kappa shape index (κ3) is 48.5. The molecule has 2 N–H and O–H groups in total. The SMILES string of the molecule is CC/C=C\C/C=C\C/C=C\C/C=C\CCCCC(=O)OC(CO)COP(=O)(O)OCC(COC(=O)CCCCCCCCCCC)OC(=O)CCCCCCCCCCCCCCCCCCC. The Hall–Kier alpha value is -2.56. The second kappa shape index (κ2) is 50.8. The number of rotatable bonds is 51. The molecule has 0 radical (unpaired) electrons. The molecule has 11 nitrogen and oxygen atoms in total. The maximum atomic E-state index is 12.9. The van der Waals surface area contributed by atoms with Gasteiger partial charge in [0, 0.05) is 19.3 Å². The van der Waals surface area contributed by atoms with Crippen LogP contribution in [0.4, 0.5) is 0 Å². The van der Waals surface area contributed by atoms with Crippen molar-refractivity contribution in [3.63, 3.8) is 0 Å². The average Bonchev–Trinajstić information content (AvgIpc) is 3.32. The minimum absolute atomic E-state index is 0.127. The molecule has 0 fully saturated rings. The van der Waals surface area contributed by atoms with Crippen LogP contribution in [-0.4, -0.2) is 66.5 Å². The third-order valence-corrected chi connectivity index (χ3v) is 12.7. The van der Waals surface area contributed by atoms with Crippen LogP contribution in [0.25, 0.3) is 0 Å². The Morgan fingerprint density at radius 2 is 0.765 bits per heavy atom. The number of carbonyl (C=O) groups excluding carboxylic acids is 3. The first-order chi connectivity index (χ1) is 33.2. The van der Waals surface area contributed by atoms with E-state index in [1.807, 2.05) is 0 Å². The number of hydrogen-bond donors (Lipinski definition) is 2. The molecule has 396 valence electrons. The Labute approximate surface area is 415 Å². The summed E-state index contributed by atoms with van der Waals surface area (Å²) in [6.07, 6.45) is 52.3. The summed E-state index contributed by atoms with van der Waals surface area (Å²) < 4.78 is 39.4. The van der Waals surface area contributed by atoms with E-state index < -0.39 is 57.8 Å². The van der Waals surface area contributed by atoms with Crippen molar-refractivity contribution in [3.05, 3.63) is 48.6 Å². The fourth-order valence-electron chi connectivity index (χ4n) is 7.58. The molecule has 0 bridgehead atoms. The number of phosphoric acid groups is 1. The normalized spacial score (nSPS) is 13.8. The van der Waals surface area contributed by atoms with E-state index >= 15 is 0 Å². The minimum Gasteiger partial charge on any atom is -0.462 e. The van der Waals surface area contributed by atoms with Gasteiger partial charge in [0.1, 0.15) is 12.7 Å². The van der Waals surface area contributed by atoms with Crippen molar-refractivity contribution in [2.24, 2.45) is 0 Å². The Bertz CT molecular complexity index is 1330. The van der Waals surface area contributed by atoms with Crippen LogP contribution in [0.3, 0.4) is 0 Å². The summed E-state index contributed by atoms with van der Waals surface area (Å²) in [5, 5.41) is 9.78. The lowest BCUT2D eigenvalue weighted by molar-refractivity contribution is -0.161. The van der Waals surface area contributed by atoms with Gasteiger partial charge >= 0.3 is 25.7 Å². The van der Waals surface area contributed by atoms with E-state index in [4.69, 9.17) is 23.3 Å². The molecule has 3 unspecified atom stereocenters. The summed E-state index contributed by atoms with van der Waals surface area (Å²) in [6.45, 7) is 4.48. The van der Waals surface area contributed by atoms with Gasteiger partial charge in [-0.1, -0.05) is 223 Å². The standard InChI is InChI=1S/C56H101O11P/c1-4-7-10-13-16-19-21-23-25-26-28-30-32-35-38-41-44-47-56(60)67-53(49-63-54(58)45-42-39-36-33-18-15-12-9-6-3)51-65-68(61,62)64-50-52(48-57)66-55(59)46-43-40-37-34-31-29-27-24-22-20-17-14-11-8-5-2/h8,11,17,20,24,27,31,34,52-53,57H,4-7,9-10,12-16,18-19,21-23,25-26,28-30,32-33,35-51H2,1-3H3,(H,61,62)/b11-8-,20-17-,27-24-,34-31-. The molecule has 0 aliphatic rings. The largest absolute Gasteiger partial charge is 0.472 e. The maximum absolute atomic E-state index is 12.9. The Kier molecular flexibility index (Phi) is 48.9. The van der Waals surface area contributed by atoms with E-state index in [9.17, 15) is 28.9 Å². The Morgan fingerprint density at radius 1 is 0.426 bits per heavy atom. The highest BCUT2D eigenvalue weighted by molar-refractivity contribution is 7.47. The first-order valence-corrected chi connectivity index (χ1v) is 29.0. The van der Waals surface area contributed by atoms with Crippen LogP contribution >= 0.6 is 7.82 Å². The maximum Gasteiger partial charge on any atom is 0.472 e. The molecule has 0 saturated carbocycles. The number of carbonyl (C=O) groups is 3. The van der Waals surface area contributed by atoms with Gasteiger partial charge in [0.2, 0.25) is 0 Å². The van der Waals surface area contributed by atoms with Gasteiger partial charge in [0.25, 0.3) is 0 Å². The molecule has 3 atom stereocenters. The van der Waals surface area contributed by atoms with Crippen molar-refractivity contribution < 1.29 is 52.2 Å². The highest BCUT2D eigenvalue weighted by atomic mass is 31.2. The molecule has 0 aliphatic heterocycles. The number of ether oxygens (including phenoxy) is 3. The van der Waals surface area contributed by atoms with Crippen molar-refractivity contribution >= 4 is 25.7 Å². The Morgan fingerprint density at radius 3 is 1.18 bits per heavy atom. The lowest BCUT2D eigenvalue weighted by atomic mass is 10.0. The van der Waals surface area contributed by atoms with Crippen LogP contribution in [0.1, 0.15) is 252 Å².